The lowest BCUT2D eigenvalue weighted by Gasteiger charge is -2.37. The number of hydrogen-bond acceptors (Lipinski definition) is 6. The first-order chi connectivity index (χ1) is 8.67. The average Bonchev–Trinajstić information content (AvgIpc) is 2.77. The number of thioether (sulfide) groups is 1. The molecule has 0 amide bonds. The molecule has 5 nitrogen and oxygen atoms in total. The Balaban J connectivity index is 1.99. The van der Waals surface area contributed by atoms with E-state index in [4.69, 9.17) is 9.84 Å². The Morgan fingerprint density at radius 1 is 1.39 bits per heavy atom. The highest BCUT2D eigenvalue weighted by Crippen LogP contribution is 2.37. The van der Waals surface area contributed by atoms with E-state index in [0.29, 0.717) is 0 Å². The van der Waals surface area contributed by atoms with Gasteiger partial charge in [0.2, 0.25) is 0 Å². The molecule has 0 aliphatic carbocycles. The zero-order valence-corrected chi connectivity index (χ0v) is 11.1. The zero-order chi connectivity index (χ0) is 13.1. The van der Waals surface area contributed by atoms with Crippen molar-refractivity contribution in [2.24, 2.45) is 4.99 Å². The zero-order valence-electron chi connectivity index (χ0n) is 10.3. The second-order valence-corrected chi connectivity index (χ2v) is 5.62. The van der Waals surface area contributed by atoms with Crippen LogP contribution in [0.3, 0.4) is 0 Å². The molecule has 1 fully saturated rings. The number of aliphatic imine (C=N–C) groups is 1. The molecular weight excluding hydrogens is 254 g/mol. The number of nitrogens with zero attached hydrogens (tertiary/aromatic N) is 1. The summed E-state index contributed by atoms with van der Waals surface area (Å²) in [5.41, 5.74) is -0.291. The minimum atomic E-state index is -1.07. The number of ether oxygens (including phenoxy) is 1. The Bertz CT molecular complexity index is 347. The lowest BCUT2D eigenvalue weighted by molar-refractivity contribution is -0.164. The molecule has 2 heterocycles. The minimum Gasteiger partial charge on any atom is -0.394 e. The number of hydrogen-bond donors (Lipinski definition) is 3. The fourth-order valence-electron chi connectivity index (χ4n) is 2.13. The number of aliphatic hydroxyl groups excluding tert-OH is 3. The van der Waals surface area contributed by atoms with Crippen LogP contribution < -0.4 is 0 Å². The molecule has 102 valence electrons. The molecule has 0 radical (unpaired) electrons. The van der Waals surface area contributed by atoms with Crippen molar-refractivity contribution < 1.29 is 20.1 Å². The summed E-state index contributed by atoms with van der Waals surface area (Å²) in [6, 6.07) is -0.423. The lowest BCUT2D eigenvalue weighted by atomic mass is 9.99. The van der Waals surface area contributed by atoms with Crippen LogP contribution in [-0.2, 0) is 4.74 Å². The van der Waals surface area contributed by atoms with Gasteiger partial charge in [-0.15, -0.1) is 0 Å². The molecule has 0 aromatic rings. The van der Waals surface area contributed by atoms with Gasteiger partial charge in [-0.25, -0.2) is 0 Å². The smallest absolute Gasteiger partial charge is 0.134 e. The molecule has 0 saturated carbocycles. The van der Waals surface area contributed by atoms with E-state index in [1.165, 1.54) is 11.8 Å². The molecule has 2 aliphatic rings. The van der Waals surface area contributed by atoms with Gasteiger partial charge in [0, 0.05) is 0 Å². The molecular formula is C12H19NO4S. The highest BCUT2D eigenvalue weighted by Gasteiger charge is 2.47. The highest BCUT2D eigenvalue weighted by molar-refractivity contribution is 8.14. The van der Waals surface area contributed by atoms with Gasteiger partial charge in [0.15, 0.2) is 0 Å². The van der Waals surface area contributed by atoms with Crippen molar-refractivity contribution in [3.8, 4) is 0 Å². The molecule has 0 aromatic carbocycles. The number of aliphatic hydroxyl groups is 3. The van der Waals surface area contributed by atoms with E-state index in [0.717, 1.165) is 17.9 Å². The lowest BCUT2D eigenvalue weighted by Crippen LogP contribution is -2.55. The van der Waals surface area contributed by atoms with Crippen LogP contribution in [0.15, 0.2) is 17.1 Å². The monoisotopic (exact) mass is 273 g/mol. The molecule has 2 unspecified atom stereocenters. The van der Waals surface area contributed by atoms with Gasteiger partial charge >= 0.3 is 0 Å². The first-order valence-corrected chi connectivity index (χ1v) is 7.02. The Kier molecular flexibility index (Phi) is 4.80. The molecule has 6 heteroatoms. The van der Waals surface area contributed by atoms with Crippen molar-refractivity contribution in [3.05, 3.63) is 12.2 Å². The fourth-order valence-corrected chi connectivity index (χ4v) is 3.38. The predicted octanol–water partition coefficient (Wildman–Crippen LogP) is 0.296. The summed E-state index contributed by atoms with van der Waals surface area (Å²) in [6.07, 6.45) is 3.02. The van der Waals surface area contributed by atoms with Gasteiger partial charge in [-0.05, 0) is 19.8 Å². The Morgan fingerprint density at radius 3 is 2.83 bits per heavy atom. The van der Waals surface area contributed by atoms with Crippen molar-refractivity contribution in [1.29, 1.82) is 0 Å². The topological polar surface area (TPSA) is 82.3 Å². The molecule has 2 aliphatic heterocycles. The van der Waals surface area contributed by atoms with Crippen LogP contribution in [-0.4, -0.2) is 56.8 Å². The van der Waals surface area contributed by atoms with Gasteiger partial charge in [0.1, 0.15) is 29.8 Å². The highest BCUT2D eigenvalue weighted by atomic mass is 32.2. The maximum absolute atomic E-state index is 9.96. The second-order valence-electron chi connectivity index (χ2n) is 4.45. The van der Waals surface area contributed by atoms with E-state index >= 15 is 0 Å². The van der Waals surface area contributed by atoms with E-state index in [1.54, 1.807) is 0 Å². The van der Waals surface area contributed by atoms with Gasteiger partial charge < -0.3 is 20.1 Å². The van der Waals surface area contributed by atoms with E-state index in [-0.39, 0.29) is 12.0 Å². The van der Waals surface area contributed by atoms with Crippen LogP contribution in [0.25, 0.3) is 0 Å². The van der Waals surface area contributed by atoms with Crippen molar-refractivity contribution in [3.63, 3.8) is 0 Å². The minimum absolute atomic E-state index is 0.291. The molecule has 1 saturated heterocycles. The van der Waals surface area contributed by atoms with Gasteiger partial charge in [0.25, 0.3) is 0 Å². The Morgan fingerprint density at radius 2 is 2.17 bits per heavy atom. The van der Waals surface area contributed by atoms with Crippen molar-refractivity contribution >= 4 is 16.8 Å². The van der Waals surface area contributed by atoms with Crippen LogP contribution in [0.5, 0.6) is 0 Å². The van der Waals surface area contributed by atoms with Crippen LogP contribution in [0.4, 0.5) is 0 Å². The molecule has 0 bridgehead atoms. The maximum Gasteiger partial charge on any atom is 0.134 e. The van der Waals surface area contributed by atoms with E-state index < -0.39 is 24.4 Å². The van der Waals surface area contributed by atoms with Crippen LogP contribution in [0.2, 0.25) is 0 Å². The summed E-state index contributed by atoms with van der Waals surface area (Å²) in [5.74, 6) is 0. The molecule has 3 N–H and O–H groups in total. The summed E-state index contributed by atoms with van der Waals surface area (Å²) in [5, 5.41) is 29.7. The average molecular weight is 273 g/mol. The van der Waals surface area contributed by atoms with Crippen LogP contribution >= 0.6 is 11.8 Å². The summed E-state index contributed by atoms with van der Waals surface area (Å²) in [7, 11) is 0. The van der Waals surface area contributed by atoms with Gasteiger partial charge in [-0.3, -0.25) is 4.99 Å². The van der Waals surface area contributed by atoms with Crippen molar-refractivity contribution in [1.82, 2.24) is 0 Å². The fraction of sp³-hybridized carbons (Fsp3) is 0.750. The third-order valence-corrected chi connectivity index (χ3v) is 4.36. The van der Waals surface area contributed by atoms with E-state index in [9.17, 15) is 10.2 Å². The first-order valence-electron chi connectivity index (χ1n) is 6.14. The molecule has 0 spiro atoms. The van der Waals surface area contributed by atoms with E-state index in [1.807, 2.05) is 13.0 Å². The summed E-state index contributed by atoms with van der Waals surface area (Å²) in [4.78, 5) is 4.41. The number of rotatable bonds is 4. The standard InChI is InChI=1S/C12H19NO4S/c1-2-3-4-5-8-13-9-11(16)10(15)7(6-14)17-12(9)18-8/h2-3,7,9-12,14-16H,4-6H2,1H3/b3-2+/t7-,9?,10-,11-,12?/m1/s1. The SMILES string of the molecule is C/C=C/CCC1=NC2C(O[C@H](CO)[C@@H](O)[C@@H]2O)S1. The van der Waals surface area contributed by atoms with Gasteiger partial charge in [0.05, 0.1) is 11.7 Å². The van der Waals surface area contributed by atoms with Crippen molar-refractivity contribution in [2.75, 3.05) is 6.61 Å². The largest absolute Gasteiger partial charge is 0.394 e. The quantitative estimate of drug-likeness (QED) is 0.642. The second kappa shape index (κ2) is 6.16. The normalized spacial score (nSPS) is 40.0. The molecule has 0 aromatic heterocycles. The molecule has 18 heavy (non-hydrogen) atoms. The van der Waals surface area contributed by atoms with Crippen LogP contribution in [0.1, 0.15) is 19.8 Å². The summed E-state index contributed by atoms with van der Waals surface area (Å²) < 4.78 is 5.55. The predicted molar refractivity (Wildman–Crippen MR) is 70.6 cm³/mol. The van der Waals surface area contributed by atoms with Gasteiger partial charge in [-0.1, -0.05) is 23.9 Å². The third kappa shape index (κ3) is 2.78. The van der Waals surface area contributed by atoms with Gasteiger partial charge in [-0.2, -0.15) is 0 Å². The molecule has 2 rings (SSSR count). The Hall–Kier alpha value is -0.400. The van der Waals surface area contributed by atoms with E-state index in [2.05, 4.69) is 11.1 Å². The molecule has 5 atom stereocenters. The number of allylic oxidation sites excluding steroid dienone is 2. The van der Waals surface area contributed by atoms with Crippen LogP contribution in [0, 0.1) is 0 Å². The Labute approximate surface area is 111 Å². The first kappa shape index (κ1) is 14.0. The van der Waals surface area contributed by atoms with Crippen molar-refractivity contribution in [2.45, 2.75) is 49.6 Å². The summed E-state index contributed by atoms with van der Waals surface area (Å²) in [6.45, 7) is 1.67. The third-order valence-electron chi connectivity index (χ3n) is 3.15. The maximum atomic E-state index is 9.96. The number of fused-ring (bicyclic) bond motifs is 1. The summed E-state index contributed by atoms with van der Waals surface area (Å²) >= 11 is 1.48.